The summed E-state index contributed by atoms with van der Waals surface area (Å²) in [5.74, 6) is -1.53. The predicted octanol–water partition coefficient (Wildman–Crippen LogP) is 6.27. The number of piperazine rings is 1. The van der Waals surface area contributed by atoms with Crippen LogP contribution < -0.4 is 4.52 Å². The highest BCUT2D eigenvalue weighted by Gasteiger charge is 2.51. The van der Waals surface area contributed by atoms with Crippen LogP contribution in [-0.2, 0) is 38.3 Å². The van der Waals surface area contributed by atoms with E-state index in [9.17, 15) is 42.6 Å². The summed E-state index contributed by atoms with van der Waals surface area (Å²) in [6, 6.07) is 19.3. The van der Waals surface area contributed by atoms with E-state index in [0.717, 1.165) is 5.56 Å². The molecule has 0 spiro atoms. The van der Waals surface area contributed by atoms with Gasteiger partial charge in [-0.2, -0.15) is 0 Å². The van der Waals surface area contributed by atoms with Crippen LogP contribution in [0.5, 0.6) is 5.75 Å². The first-order valence-electron chi connectivity index (χ1n) is 19.2. The van der Waals surface area contributed by atoms with E-state index >= 15 is 0 Å². The van der Waals surface area contributed by atoms with E-state index in [1.54, 1.807) is 47.5 Å². The molecule has 3 aliphatic rings. The van der Waals surface area contributed by atoms with Gasteiger partial charge in [0.1, 0.15) is 18.0 Å². The van der Waals surface area contributed by atoms with Crippen molar-refractivity contribution in [1.29, 1.82) is 0 Å². The number of allylic oxidation sites excluding steroid dienone is 3. The Kier molecular flexibility index (Phi) is 12.6. The van der Waals surface area contributed by atoms with Gasteiger partial charge in [-0.15, -0.1) is 18.2 Å². The Morgan fingerprint density at radius 1 is 1.02 bits per heavy atom. The monoisotopic (exact) mass is 877 g/mol. The highest BCUT2D eigenvalue weighted by Crippen LogP contribution is 2.53. The second-order valence-electron chi connectivity index (χ2n) is 14.8. The lowest BCUT2D eigenvalue weighted by Gasteiger charge is -2.55. The number of carbonyl (C=O) groups is 4. The van der Waals surface area contributed by atoms with Crippen LogP contribution in [0.4, 0.5) is 0 Å². The van der Waals surface area contributed by atoms with Crippen molar-refractivity contribution >= 4 is 64.6 Å². The first kappa shape index (κ1) is 43.1. The standard InChI is InChI=1S/C42H45ClN5O10PS/c1-3-22-45-27-40(51)47-37(23-30-12-17-33(18-13-30)58-59(53,54)55)42(52)44(26-38(47)48(45)39(50)21-14-29-8-5-4-6-9-29)24-31-10-7-11-35-36(28(2)49)25-46(41(31)35)60(56,57)34-19-15-32(43)16-20-34/h3-13,15,17-20,25,32,37-38,56-57H,1,14,16,21-24,26-27H2,2H3,(H2,53,54,55)/t32?,37-,38-/m0/s1. The summed E-state index contributed by atoms with van der Waals surface area (Å²) in [5, 5.41) is 3.28. The SMILES string of the molecule is C=CCN1CC(=O)N2[C@@H](Cc3ccc(OP(=O)(O)O)cc3)C(=O)N(Cc3cccc4c(C(C)=O)cn(S(O)(O)C5=CCC(Cl)C=C5)c34)C[C@@H]2N1C(=O)CCc1ccccc1. The Hall–Kier alpha value is -5.03. The minimum Gasteiger partial charge on any atom is -0.404 e. The Morgan fingerprint density at radius 3 is 2.40 bits per heavy atom. The smallest absolute Gasteiger partial charge is 0.404 e. The molecule has 4 N–H and O–H groups in total. The summed E-state index contributed by atoms with van der Waals surface area (Å²) in [4.78, 5) is 78.2. The molecule has 1 aliphatic carbocycles. The van der Waals surface area contributed by atoms with Gasteiger partial charge in [-0.25, -0.2) is 18.6 Å². The Labute approximate surface area is 353 Å². The fourth-order valence-corrected chi connectivity index (χ4v) is 10.1. The maximum Gasteiger partial charge on any atom is 0.524 e. The maximum atomic E-state index is 14.9. The molecule has 4 aromatic rings. The molecule has 0 bridgehead atoms. The maximum absolute atomic E-state index is 14.9. The number of aromatic nitrogens is 1. The van der Waals surface area contributed by atoms with Gasteiger partial charge < -0.3 is 14.3 Å². The average molecular weight is 878 g/mol. The predicted molar refractivity (Wildman–Crippen MR) is 228 cm³/mol. The third-order valence-corrected chi connectivity index (χ3v) is 13.2. The van der Waals surface area contributed by atoms with E-state index in [1.165, 1.54) is 56.2 Å². The van der Waals surface area contributed by atoms with Crippen molar-refractivity contribution in [2.24, 2.45) is 0 Å². The number of aryl methyl sites for hydroxylation is 1. The molecule has 3 aromatic carbocycles. The first-order chi connectivity index (χ1) is 28.5. The zero-order chi connectivity index (χ0) is 42.9. The molecule has 1 unspecified atom stereocenters. The molecular weight excluding hydrogens is 833 g/mol. The van der Waals surface area contributed by atoms with Gasteiger partial charge in [0.15, 0.2) is 5.78 Å². The molecule has 3 atom stereocenters. The molecular formula is C42H45ClN5O10PS. The van der Waals surface area contributed by atoms with Gasteiger partial charge in [-0.1, -0.05) is 89.7 Å². The zero-order valence-corrected chi connectivity index (χ0v) is 35.1. The van der Waals surface area contributed by atoms with E-state index in [2.05, 4.69) is 6.58 Å². The fraction of sp³-hybridized carbons (Fsp3) is 0.286. The van der Waals surface area contributed by atoms with E-state index in [0.29, 0.717) is 34.9 Å². The molecule has 3 amide bonds. The fourth-order valence-electron chi connectivity index (χ4n) is 7.99. The van der Waals surface area contributed by atoms with Crippen LogP contribution in [0, 0.1) is 0 Å². The number of carbonyl (C=O) groups excluding carboxylic acids is 4. The lowest BCUT2D eigenvalue weighted by atomic mass is 9.97. The molecule has 0 radical (unpaired) electrons. The molecule has 2 aliphatic heterocycles. The molecule has 316 valence electrons. The molecule has 3 heterocycles. The normalized spacial score (nSPS) is 20.3. The van der Waals surface area contributed by atoms with Crippen LogP contribution in [0.25, 0.3) is 10.9 Å². The van der Waals surface area contributed by atoms with Gasteiger partial charge in [-0.3, -0.25) is 38.1 Å². The second-order valence-corrected chi connectivity index (χ2v) is 18.4. The second kappa shape index (κ2) is 17.5. The highest BCUT2D eigenvalue weighted by molar-refractivity contribution is 8.26. The van der Waals surface area contributed by atoms with Crippen molar-refractivity contribution in [2.75, 3.05) is 19.6 Å². The molecule has 7 rings (SSSR count). The molecule has 60 heavy (non-hydrogen) atoms. The van der Waals surface area contributed by atoms with Crippen molar-refractivity contribution < 1.29 is 47.2 Å². The van der Waals surface area contributed by atoms with Crippen LogP contribution in [-0.4, -0.2) is 103 Å². The van der Waals surface area contributed by atoms with E-state index in [-0.39, 0.29) is 72.3 Å². The van der Waals surface area contributed by atoms with Gasteiger partial charge in [0, 0.05) is 43.1 Å². The summed E-state index contributed by atoms with van der Waals surface area (Å²) in [6.45, 7) is 4.98. The number of halogens is 1. The summed E-state index contributed by atoms with van der Waals surface area (Å²) in [6.07, 6.45) is 7.75. The number of rotatable bonds is 14. The Morgan fingerprint density at radius 2 is 1.75 bits per heavy atom. The summed E-state index contributed by atoms with van der Waals surface area (Å²) >= 11 is 6.25. The number of nitrogens with zero attached hydrogens (tertiary/aromatic N) is 5. The molecule has 18 heteroatoms. The van der Waals surface area contributed by atoms with Gasteiger partial charge in [0.2, 0.25) is 17.7 Å². The topological polar surface area (TPSA) is 193 Å². The third kappa shape index (κ3) is 9.02. The van der Waals surface area contributed by atoms with E-state index in [4.69, 9.17) is 16.1 Å². The minimum atomic E-state index is -4.84. The summed E-state index contributed by atoms with van der Waals surface area (Å²) < 4.78 is 41.2. The lowest BCUT2D eigenvalue weighted by Crippen LogP contribution is -2.75. The van der Waals surface area contributed by atoms with Crippen molar-refractivity contribution in [2.45, 2.75) is 56.7 Å². The Balaban J connectivity index is 1.31. The number of phosphoric ester groups is 1. The number of benzene rings is 3. The third-order valence-electron chi connectivity index (χ3n) is 10.7. The number of hydrogen-bond acceptors (Lipinski definition) is 9. The molecule has 1 aromatic heterocycles. The number of hydrazine groups is 1. The van der Waals surface area contributed by atoms with Crippen molar-refractivity contribution in [3.63, 3.8) is 0 Å². The number of ketones is 1. The van der Waals surface area contributed by atoms with Gasteiger partial charge >= 0.3 is 7.82 Å². The number of para-hydroxylation sites is 1. The summed E-state index contributed by atoms with van der Waals surface area (Å²) in [7, 11) is -8.60. The number of alkyl halides is 1. The van der Waals surface area contributed by atoms with Crippen LogP contribution >= 0.6 is 30.2 Å². The average Bonchev–Trinajstić information content (AvgIpc) is 3.62. The van der Waals surface area contributed by atoms with E-state index < -0.39 is 42.6 Å². The lowest BCUT2D eigenvalue weighted by molar-refractivity contribution is -0.205. The number of Topliss-reactive ketones (excluding diaryl/α,β-unsaturated/α-hetero) is 1. The highest BCUT2D eigenvalue weighted by atomic mass is 35.5. The van der Waals surface area contributed by atoms with Crippen molar-refractivity contribution in [3.8, 4) is 5.75 Å². The summed E-state index contributed by atoms with van der Waals surface area (Å²) in [5.41, 5.74) is 2.53. The number of amides is 3. The molecule has 2 fully saturated rings. The van der Waals surface area contributed by atoms with Gasteiger partial charge in [0.05, 0.1) is 28.9 Å². The Bertz CT molecular complexity index is 2440. The van der Waals surface area contributed by atoms with Crippen LogP contribution in [0.1, 0.15) is 46.8 Å². The van der Waals surface area contributed by atoms with Crippen LogP contribution in [0.2, 0.25) is 0 Å². The van der Waals surface area contributed by atoms with Gasteiger partial charge in [0.25, 0.3) is 0 Å². The zero-order valence-electron chi connectivity index (χ0n) is 32.6. The van der Waals surface area contributed by atoms with Crippen molar-refractivity contribution in [3.05, 3.63) is 137 Å². The number of hydrogen-bond donors (Lipinski definition) is 4. The van der Waals surface area contributed by atoms with E-state index in [1.807, 2.05) is 30.3 Å². The quantitative estimate of drug-likeness (QED) is 0.0483. The molecule has 15 nitrogen and oxygen atoms in total. The van der Waals surface area contributed by atoms with Gasteiger partial charge in [-0.05, 0) is 54.7 Å². The van der Waals surface area contributed by atoms with Crippen LogP contribution in [0.15, 0.2) is 115 Å². The number of fused-ring (bicyclic) bond motifs is 2. The van der Waals surface area contributed by atoms with Crippen molar-refractivity contribution in [1.82, 2.24) is 23.8 Å². The first-order valence-corrected chi connectivity index (χ1v) is 22.6. The number of phosphoric acid groups is 1. The minimum absolute atomic E-state index is 0.0288. The molecule has 2 saturated heterocycles. The molecule has 0 saturated carbocycles. The van der Waals surface area contributed by atoms with Crippen LogP contribution in [0.3, 0.4) is 0 Å². The largest absolute Gasteiger partial charge is 0.524 e.